The Kier molecular flexibility index (Phi) is 2.13. The highest BCUT2D eigenvalue weighted by atomic mass is 16.4. The van der Waals surface area contributed by atoms with E-state index < -0.39 is 5.97 Å². The molecule has 0 aliphatic carbocycles. The molecule has 0 aliphatic rings. The molecule has 0 atom stereocenters. The quantitative estimate of drug-likeness (QED) is 0.732. The zero-order valence-corrected chi connectivity index (χ0v) is 7.64. The van der Waals surface area contributed by atoms with Gasteiger partial charge in [0, 0.05) is 5.39 Å². The van der Waals surface area contributed by atoms with Crippen molar-refractivity contribution in [3.05, 3.63) is 36.0 Å². The average molecular weight is 201 g/mol. The summed E-state index contributed by atoms with van der Waals surface area (Å²) in [6.07, 6.45) is 0. The number of nitrogens with zero attached hydrogens (tertiary/aromatic N) is 2. The molecule has 0 saturated heterocycles. The van der Waals surface area contributed by atoms with Crippen molar-refractivity contribution < 1.29 is 9.90 Å². The van der Waals surface area contributed by atoms with E-state index >= 15 is 0 Å². The third kappa shape index (κ3) is 1.67. The Balaban J connectivity index is 2.67. The molecule has 74 valence electrons. The molecule has 0 fully saturated rings. The number of rotatable bonds is 2. The first kappa shape index (κ1) is 9.26. The third-order valence-corrected chi connectivity index (χ3v) is 2.02. The second-order valence-corrected chi connectivity index (χ2v) is 2.99. The second kappa shape index (κ2) is 3.45. The highest BCUT2D eigenvalue weighted by Crippen LogP contribution is 2.19. The van der Waals surface area contributed by atoms with Gasteiger partial charge in [-0.25, -0.2) is 15.3 Å². The molecule has 0 aliphatic heterocycles. The number of fused-ring (bicyclic) bond motifs is 1. The van der Waals surface area contributed by atoms with Gasteiger partial charge in [0.2, 0.25) is 0 Å². The highest BCUT2D eigenvalue weighted by molar-refractivity contribution is 5.90. The maximum absolute atomic E-state index is 10.7. The average Bonchev–Trinajstić information content (AvgIpc) is 2.27. The fourth-order valence-corrected chi connectivity index (χ4v) is 1.29. The van der Waals surface area contributed by atoms with Gasteiger partial charge in [0.1, 0.15) is 5.69 Å². The van der Waals surface area contributed by atoms with Gasteiger partial charge in [-0.05, 0) is 18.2 Å². The number of carboxylic acids is 1. The normalized spacial score (nSPS) is 10.1. The van der Waals surface area contributed by atoms with Crippen LogP contribution in [0.25, 0.3) is 10.9 Å². The van der Waals surface area contributed by atoms with Gasteiger partial charge in [-0.15, -0.1) is 0 Å². The van der Waals surface area contributed by atoms with Crippen molar-refractivity contribution in [2.75, 3.05) is 0 Å². The van der Waals surface area contributed by atoms with E-state index in [1.54, 1.807) is 24.3 Å². The van der Waals surface area contributed by atoms with E-state index in [-0.39, 0.29) is 5.69 Å². The Labute approximate surface area is 84.9 Å². The number of benzene rings is 1. The van der Waals surface area contributed by atoms with Crippen molar-refractivity contribution in [3.8, 4) is 0 Å². The van der Waals surface area contributed by atoms with Crippen LogP contribution in [-0.4, -0.2) is 16.1 Å². The summed E-state index contributed by atoms with van der Waals surface area (Å²) in [6.45, 7) is 0. The number of nitrogens with one attached hydrogen (secondary N) is 1. The van der Waals surface area contributed by atoms with E-state index in [0.29, 0.717) is 11.2 Å². The smallest absolute Gasteiger partial charge is 0.354 e. The molecule has 5 heteroatoms. The Bertz CT molecular complexity index is 551. The molecule has 1 heterocycles. The molecule has 0 amide bonds. The van der Waals surface area contributed by atoms with Crippen LogP contribution in [0.15, 0.2) is 35.4 Å². The molecular weight excluding hydrogens is 194 g/mol. The zero-order chi connectivity index (χ0) is 10.8. The number of carboxylic acid groups (broad SMARTS) is 1. The van der Waals surface area contributed by atoms with Crippen molar-refractivity contribution in [3.63, 3.8) is 0 Å². The van der Waals surface area contributed by atoms with Crippen molar-refractivity contribution in [2.24, 2.45) is 5.11 Å². The van der Waals surface area contributed by atoms with Gasteiger partial charge >= 0.3 is 5.97 Å². The fourth-order valence-electron chi connectivity index (χ4n) is 1.29. The molecule has 15 heavy (non-hydrogen) atoms. The fraction of sp³-hybridized carbons (Fsp3) is 0. The Hall–Kier alpha value is -2.30. The number of aromatic nitrogens is 1. The van der Waals surface area contributed by atoms with Crippen LogP contribution in [0.1, 0.15) is 10.5 Å². The number of pyridine rings is 1. The number of aromatic carboxylic acids is 1. The molecular formula is C10H7N3O2. The lowest BCUT2D eigenvalue weighted by Gasteiger charge is -1.99. The van der Waals surface area contributed by atoms with Crippen LogP contribution in [0.5, 0.6) is 0 Å². The van der Waals surface area contributed by atoms with Crippen LogP contribution in [0.2, 0.25) is 0 Å². The van der Waals surface area contributed by atoms with Gasteiger partial charge in [0.05, 0.1) is 11.2 Å². The maximum Gasteiger partial charge on any atom is 0.354 e. The molecule has 5 nitrogen and oxygen atoms in total. The zero-order valence-electron chi connectivity index (χ0n) is 7.64. The van der Waals surface area contributed by atoms with Gasteiger partial charge in [0.25, 0.3) is 0 Å². The van der Waals surface area contributed by atoms with Crippen molar-refractivity contribution in [2.45, 2.75) is 0 Å². The summed E-state index contributed by atoms with van der Waals surface area (Å²) in [6, 6.07) is 8.13. The van der Waals surface area contributed by atoms with Crippen LogP contribution < -0.4 is 0 Å². The molecule has 0 bridgehead atoms. The molecule has 0 radical (unpaired) electrons. The van der Waals surface area contributed by atoms with Crippen LogP contribution in [0, 0.1) is 5.53 Å². The van der Waals surface area contributed by atoms with Crippen LogP contribution in [0.3, 0.4) is 0 Å². The van der Waals surface area contributed by atoms with Crippen LogP contribution in [0.4, 0.5) is 5.69 Å². The summed E-state index contributed by atoms with van der Waals surface area (Å²) >= 11 is 0. The number of hydrogen-bond donors (Lipinski definition) is 2. The minimum atomic E-state index is -1.06. The lowest BCUT2D eigenvalue weighted by Crippen LogP contribution is -1.99. The predicted octanol–water partition coefficient (Wildman–Crippen LogP) is 2.60. The van der Waals surface area contributed by atoms with Crippen molar-refractivity contribution >= 4 is 22.6 Å². The van der Waals surface area contributed by atoms with E-state index in [4.69, 9.17) is 10.6 Å². The molecule has 2 aromatic rings. The first-order valence-corrected chi connectivity index (χ1v) is 4.22. The minimum Gasteiger partial charge on any atom is -0.477 e. The summed E-state index contributed by atoms with van der Waals surface area (Å²) in [5.74, 6) is -1.06. The first-order chi connectivity index (χ1) is 7.20. The van der Waals surface area contributed by atoms with E-state index in [0.717, 1.165) is 5.39 Å². The summed E-state index contributed by atoms with van der Waals surface area (Å²) in [4.78, 5) is 14.6. The maximum atomic E-state index is 10.7. The highest BCUT2D eigenvalue weighted by Gasteiger charge is 2.05. The van der Waals surface area contributed by atoms with Gasteiger partial charge in [-0.3, -0.25) is 0 Å². The topological polar surface area (TPSA) is 86.4 Å². The van der Waals surface area contributed by atoms with E-state index in [9.17, 15) is 4.79 Å². The molecule has 1 aromatic heterocycles. The lowest BCUT2D eigenvalue weighted by atomic mass is 10.2. The van der Waals surface area contributed by atoms with Crippen molar-refractivity contribution in [1.82, 2.24) is 4.98 Å². The second-order valence-electron chi connectivity index (χ2n) is 2.99. The molecule has 1 aromatic carbocycles. The molecule has 0 spiro atoms. The summed E-state index contributed by atoms with van der Waals surface area (Å²) < 4.78 is 0. The molecule has 0 saturated carbocycles. The lowest BCUT2D eigenvalue weighted by molar-refractivity contribution is 0.0691. The standard InChI is InChI=1S/C10H7N3O2/c11-13-7-3-1-6-2-4-8(10(14)15)12-9(6)5-7/h1-5,11H,(H,14,15). The van der Waals surface area contributed by atoms with Crippen LogP contribution in [-0.2, 0) is 0 Å². The molecule has 2 N–H and O–H groups in total. The van der Waals surface area contributed by atoms with Crippen LogP contribution >= 0.6 is 0 Å². The van der Waals surface area contributed by atoms with Gasteiger partial charge in [-0.1, -0.05) is 12.1 Å². The number of hydrogen-bond acceptors (Lipinski definition) is 4. The largest absolute Gasteiger partial charge is 0.477 e. The van der Waals surface area contributed by atoms with E-state index in [1.807, 2.05) is 0 Å². The third-order valence-electron chi connectivity index (χ3n) is 2.02. The van der Waals surface area contributed by atoms with Gasteiger partial charge in [-0.2, -0.15) is 5.11 Å². The SMILES string of the molecule is N=Nc1ccc2ccc(C(=O)O)nc2c1. The van der Waals surface area contributed by atoms with Gasteiger partial charge < -0.3 is 5.11 Å². The number of carbonyl (C=O) groups is 1. The Morgan fingerprint density at radius 3 is 2.73 bits per heavy atom. The minimum absolute atomic E-state index is 0.00960. The first-order valence-electron chi connectivity index (χ1n) is 4.22. The predicted molar refractivity (Wildman–Crippen MR) is 53.5 cm³/mol. The molecule has 2 rings (SSSR count). The summed E-state index contributed by atoms with van der Waals surface area (Å²) in [5.41, 5.74) is 7.82. The Morgan fingerprint density at radius 1 is 1.33 bits per heavy atom. The monoisotopic (exact) mass is 201 g/mol. The van der Waals surface area contributed by atoms with Crippen molar-refractivity contribution in [1.29, 1.82) is 5.53 Å². The summed E-state index contributed by atoms with van der Waals surface area (Å²) in [5, 5.41) is 12.8. The van der Waals surface area contributed by atoms with Gasteiger partial charge in [0.15, 0.2) is 0 Å². The Morgan fingerprint density at radius 2 is 2.07 bits per heavy atom. The van der Waals surface area contributed by atoms with E-state index in [1.165, 1.54) is 6.07 Å². The molecule has 0 unspecified atom stereocenters. The summed E-state index contributed by atoms with van der Waals surface area (Å²) in [7, 11) is 0. The van der Waals surface area contributed by atoms with E-state index in [2.05, 4.69) is 10.1 Å².